The summed E-state index contributed by atoms with van der Waals surface area (Å²) in [7, 11) is -3.83. The van der Waals surface area contributed by atoms with Crippen molar-refractivity contribution in [2.75, 3.05) is 6.61 Å². The van der Waals surface area contributed by atoms with E-state index in [1.807, 2.05) is 13.0 Å². The molecule has 1 atom stereocenters. The topological polar surface area (TPSA) is 60.4 Å². The van der Waals surface area contributed by atoms with Crippen LogP contribution < -0.4 is 5.30 Å². The molecule has 4 nitrogen and oxygen atoms in total. The van der Waals surface area contributed by atoms with E-state index in [9.17, 15) is 14.2 Å². The van der Waals surface area contributed by atoms with E-state index in [0.29, 0.717) is 33.1 Å². The summed E-state index contributed by atoms with van der Waals surface area (Å²) in [5.74, 6) is -0.161. The Labute approximate surface area is 177 Å². The second-order valence-electron chi connectivity index (χ2n) is 7.19. The fraction of sp³-hybridized carbons (Fsp3) is 0.200. The third kappa shape index (κ3) is 3.94. The molecule has 0 spiro atoms. The Morgan fingerprint density at radius 3 is 1.93 bits per heavy atom. The standard InChI is InChI=1S/C25H25O4P/c1-5-29-30(28,21-14-10-7-11-15-21)25(27)23-18(3)16-17(2)22(19(23)4)24(26)20-12-8-6-9-13-20/h6-16H,5H2,1-4H3. The minimum absolute atomic E-state index is 0.137. The number of carbonyl (C=O) groups is 2. The normalized spacial score (nSPS) is 12.9. The highest BCUT2D eigenvalue weighted by Gasteiger charge is 2.38. The van der Waals surface area contributed by atoms with Crippen LogP contribution in [0.2, 0.25) is 0 Å². The molecule has 0 aliphatic carbocycles. The smallest absolute Gasteiger partial charge is 0.300 e. The first-order valence-electron chi connectivity index (χ1n) is 9.87. The van der Waals surface area contributed by atoms with E-state index < -0.39 is 12.9 Å². The minimum atomic E-state index is -3.83. The summed E-state index contributed by atoms with van der Waals surface area (Å²) in [5.41, 5.74) is 2.71. The van der Waals surface area contributed by atoms with E-state index in [1.165, 1.54) is 0 Å². The monoisotopic (exact) mass is 420 g/mol. The molecule has 30 heavy (non-hydrogen) atoms. The van der Waals surface area contributed by atoms with Crippen molar-refractivity contribution in [1.82, 2.24) is 0 Å². The Morgan fingerprint density at radius 1 is 0.833 bits per heavy atom. The Hall–Kier alpha value is -2.81. The first-order chi connectivity index (χ1) is 14.3. The van der Waals surface area contributed by atoms with Crippen LogP contribution in [0.25, 0.3) is 0 Å². The number of hydrogen-bond donors (Lipinski definition) is 0. The first kappa shape index (κ1) is 21.9. The summed E-state index contributed by atoms with van der Waals surface area (Å²) in [6, 6.07) is 19.3. The fourth-order valence-corrected chi connectivity index (χ4v) is 5.87. The molecule has 5 heteroatoms. The SMILES string of the molecule is CCOP(=O)(C(=O)c1c(C)cc(C)c(C(=O)c2ccccc2)c1C)c1ccccc1. The van der Waals surface area contributed by atoms with Gasteiger partial charge in [0.15, 0.2) is 5.78 Å². The van der Waals surface area contributed by atoms with Crippen LogP contribution in [0.5, 0.6) is 0 Å². The lowest BCUT2D eigenvalue weighted by Gasteiger charge is -2.21. The Morgan fingerprint density at radius 2 is 1.37 bits per heavy atom. The lowest BCUT2D eigenvalue weighted by Crippen LogP contribution is -2.19. The van der Waals surface area contributed by atoms with E-state index >= 15 is 0 Å². The van der Waals surface area contributed by atoms with Crippen LogP contribution in [0.15, 0.2) is 66.7 Å². The summed E-state index contributed by atoms with van der Waals surface area (Å²) in [5, 5.41) is 0.354. The zero-order chi connectivity index (χ0) is 21.9. The van der Waals surface area contributed by atoms with Gasteiger partial charge in [-0.05, 0) is 56.5 Å². The maximum absolute atomic E-state index is 13.8. The molecule has 154 valence electrons. The van der Waals surface area contributed by atoms with Crippen molar-refractivity contribution in [2.24, 2.45) is 0 Å². The molecule has 3 aromatic carbocycles. The number of aryl methyl sites for hydroxylation is 2. The predicted molar refractivity (Wildman–Crippen MR) is 120 cm³/mol. The first-order valence-corrected chi connectivity index (χ1v) is 11.5. The Bertz CT molecular complexity index is 1130. The van der Waals surface area contributed by atoms with E-state index in [1.54, 1.807) is 81.4 Å². The van der Waals surface area contributed by atoms with Crippen LogP contribution in [0, 0.1) is 20.8 Å². The van der Waals surface area contributed by atoms with Crippen molar-refractivity contribution in [2.45, 2.75) is 27.7 Å². The molecule has 0 aliphatic heterocycles. The molecule has 3 rings (SSSR count). The Balaban J connectivity index is 2.19. The van der Waals surface area contributed by atoms with E-state index in [4.69, 9.17) is 4.52 Å². The summed E-state index contributed by atoms with van der Waals surface area (Å²) in [6.07, 6.45) is 0. The molecule has 0 amide bonds. The summed E-state index contributed by atoms with van der Waals surface area (Å²) >= 11 is 0. The predicted octanol–water partition coefficient (Wildman–Crippen LogP) is 5.62. The lowest BCUT2D eigenvalue weighted by molar-refractivity contribution is 0.103. The fourth-order valence-electron chi connectivity index (χ4n) is 3.80. The van der Waals surface area contributed by atoms with Crippen LogP contribution in [0.3, 0.4) is 0 Å². The van der Waals surface area contributed by atoms with Crippen LogP contribution in [-0.4, -0.2) is 17.9 Å². The largest absolute Gasteiger partial charge is 0.320 e. The number of ketones is 1. The quantitative estimate of drug-likeness (QED) is 0.367. The molecular formula is C25H25O4P. The lowest BCUT2D eigenvalue weighted by atomic mass is 9.89. The van der Waals surface area contributed by atoms with Gasteiger partial charge >= 0.3 is 7.37 Å². The zero-order valence-corrected chi connectivity index (χ0v) is 18.5. The minimum Gasteiger partial charge on any atom is -0.320 e. The van der Waals surface area contributed by atoms with Gasteiger partial charge in [-0.1, -0.05) is 54.6 Å². The van der Waals surface area contributed by atoms with Crippen molar-refractivity contribution in [1.29, 1.82) is 0 Å². The molecule has 0 radical (unpaired) electrons. The van der Waals surface area contributed by atoms with E-state index in [0.717, 1.165) is 5.56 Å². The van der Waals surface area contributed by atoms with Crippen LogP contribution in [0.4, 0.5) is 0 Å². The van der Waals surface area contributed by atoms with E-state index in [2.05, 4.69) is 0 Å². The molecule has 0 saturated heterocycles. The number of benzene rings is 3. The maximum Gasteiger partial charge on any atom is 0.300 e. The number of rotatable bonds is 7. The van der Waals surface area contributed by atoms with Crippen molar-refractivity contribution in [3.63, 3.8) is 0 Å². The van der Waals surface area contributed by atoms with Gasteiger partial charge in [0.1, 0.15) is 0 Å². The molecular weight excluding hydrogens is 395 g/mol. The van der Waals surface area contributed by atoms with Crippen LogP contribution in [0.1, 0.15) is 49.9 Å². The molecule has 3 aromatic rings. The highest BCUT2D eigenvalue weighted by atomic mass is 31.2. The molecule has 0 bridgehead atoms. The molecule has 1 unspecified atom stereocenters. The Kier molecular flexibility index (Phi) is 6.50. The van der Waals surface area contributed by atoms with E-state index in [-0.39, 0.29) is 12.4 Å². The van der Waals surface area contributed by atoms with Crippen molar-refractivity contribution in [3.8, 4) is 0 Å². The van der Waals surface area contributed by atoms with Gasteiger partial charge in [-0.3, -0.25) is 14.2 Å². The molecule has 0 heterocycles. The van der Waals surface area contributed by atoms with Crippen molar-refractivity contribution < 1.29 is 18.7 Å². The second-order valence-corrected chi connectivity index (χ2v) is 9.47. The highest BCUT2D eigenvalue weighted by Crippen LogP contribution is 2.50. The molecule has 0 N–H and O–H groups in total. The summed E-state index contributed by atoms with van der Waals surface area (Å²) < 4.78 is 19.4. The molecule has 0 aliphatic rings. The molecule has 0 saturated carbocycles. The van der Waals surface area contributed by atoms with Crippen LogP contribution >= 0.6 is 7.37 Å². The van der Waals surface area contributed by atoms with Gasteiger partial charge in [0, 0.05) is 22.0 Å². The zero-order valence-electron chi connectivity index (χ0n) is 17.6. The summed E-state index contributed by atoms with van der Waals surface area (Å²) in [4.78, 5) is 26.8. The van der Waals surface area contributed by atoms with Crippen LogP contribution in [-0.2, 0) is 9.09 Å². The van der Waals surface area contributed by atoms with Gasteiger partial charge in [-0.2, -0.15) is 0 Å². The van der Waals surface area contributed by atoms with Gasteiger partial charge < -0.3 is 4.52 Å². The van der Waals surface area contributed by atoms with Gasteiger partial charge in [-0.25, -0.2) is 0 Å². The van der Waals surface area contributed by atoms with Gasteiger partial charge in [-0.15, -0.1) is 0 Å². The number of carbonyl (C=O) groups excluding carboxylic acids is 2. The third-order valence-corrected chi connectivity index (χ3v) is 7.48. The second kappa shape index (κ2) is 8.91. The van der Waals surface area contributed by atoms with Gasteiger partial charge in [0.25, 0.3) is 5.52 Å². The average molecular weight is 420 g/mol. The molecule has 0 fully saturated rings. The van der Waals surface area contributed by atoms with Crippen molar-refractivity contribution >= 4 is 24.0 Å². The average Bonchev–Trinajstić information content (AvgIpc) is 2.74. The van der Waals surface area contributed by atoms with Crippen molar-refractivity contribution in [3.05, 3.63) is 100 Å². The third-order valence-electron chi connectivity index (χ3n) is 5.12. The van der Waals surface area contributed by atoms with Gasteiger partial charge in [0.05, 0.1) is 6.61 Å². The van der Waals surface area contributed by atoms with Gasteiger partial charge in [0.2, 0.25) is 0 Å². The molecule has 0 aromatic heterocycles. The number of hydrogen-bond acceptors (Lipinski definition) is 4. The highest BCUT2D eigenvalue weighted by molar-refractivity contribution is 7.83. The maximum atomic E-state index is 13.8. The summed E-state index contributed by atoms with van der Waals surface area (Å²) in [6.45, 7) is 7.24.